The maximum atomic E-state index is 11.3. The zero-order chi connectivity index (χ0) is 11.4. The predicted molar refractivity (Wildman–Crippen MR) is 59.0 cm³/mol. The number of Topliss-reactive ketones (excluding diaryl/α,β-unsaturated/α-hetero) is 1. The van der Waals surface area contributed by atoms with Gasteiger partial charge in [0.05, 0.1) is 25.7 Å². The van der Waals surface area contributed by atoms with Gasteiger partial charge in [-0.2, -0.15) is 0 Å². The fourth-order valence-corrected chi connectivity index (χ4v) is 2.40. The van der Waals surface area contributed by atoms with Crippen LogP contribution in [0.2, 0.25) is 0 Å². The van der Waals surface area contributed by atoms with Gasteiger partial charge in [0.1, 0.15) is 0 Å². The molecule has 16 heavy (non-hydrogen) atoms. The molecule has 4 nitrogen and oxygen atoms in total. The van der Waals surface area contributed by atoms with Gasteiger partial charge in [0.25, 0.3) is 0 Å². The number of carbonyl (C=O) groups excluding carboxylic acids is 2. The number of hydrogen-bond acceptors (Lipinski definition) is 3. The Hall–Kier alpha value is -0.900. The molecule has 1 amide bonds. The van der Waals surface area contributed by atoms with Crippen LogP contribution in [0.1, 0.15) is 38.5 Å². The van der Waals surface area contributed by atoms with Crippen molar-refractivity contribution in [3.63, 3.8) is 0 Å². The summed E-state index contributed by atoms with van der Waals surface area (Å²) in [5, 5.41) is 0. The van der Waals surface area contributed by atoms with Crippen molar-refractivity contribution in [1.82, 2.24) is 4.90 Å². The van der Waals surface area contributed by atoms with E-state index in [2.05, 4.69) is 0 Å². The maximum absolute atomic E-state index is 11.3. The van der Waals surface area contributed by atoms with Crippen molar-refractivity contribution < 1.29 is 14.3 Å². The summed E-state index contributed by atoms with van der Waals surface area (Å²) in [6, 6.07) is 0. The molecular formula is C12H19NO3. The Bertz CT molecular complexity index is 271. The van der Waals surface area contributed by atoms with Crippen molar-refractivity contribution in [2.45, 2.75) is 44.6 Å². The van der Waals surface area contributed by atoms with Gasteiger partial charge >= 0.3 is 0 Å². The topological polar surface area (TPSA) is 46.6 Å². The first-order valence-corrected chi connectivity index (χ1v) is 6.17. The summed E-state index contributed by atoms with van der Waals surface area (Å²) in [5.74, 6) is -0.0140. The summed E-state index contributed by atoms with van der Waals surface area (Å²) in [5.41, 5.74) is 0. The first-order valence-electron chi connectivity index (χ1n) is 6.17. The molecule has 0 spiro atoms. The van der Waals surface area contributed by atoms with Gasteiger partial charge in [-0.05, 0) is 12.8 Å². The van der Waals surface area contributed by atoms with E-state index in [1.807, 2.05) is 0 Å². The minimum absolute atomic E-state index is 0.0302. The Morgan fingerprint density at radius 2 is 1.94 bits per heavy atom. The van der Waals surface area contributed by atoms with Crippen LogP contribution >= 0.6 is 0 Å². The first kappa shape index (κ1) is 11.6. The molecule has 1 saturated heterocycles. The molecule has 90 valence electrons. The summed E-state index contributed by atoms with van der Waals surface area (Å²) in [4.78, 5) is 23.9. The molecule has 1 saturated carbocycles. The Labute approximate surface area is 95.9 Å². The third kappa shape index (κ3) is 3.04. The van der Waals surface area contributed by atoms with Gasteiger partial charge in [-0.25, -0.2) is 0 Å². The summed E-state index contributed by atoms with van der Waals surface area (Å²) in [6.07, 6.45) is 6.59. The van der Waals surface area contributed by atoms with Crippen LogP contribution in [-0.2, 0) is 14.3 Å². The van der Waals surface area contributed by atoms with Crippen molar-refractivity contribution in [3.8, 4) is 0 Å². The monoisotopic (exact) mass is 225 g/mol. The normalized spacial score (nSPS) is 23.1. The number of likely N-dealkylation sites (tertiary alicyclic amines) is 1. The van der Waals surface area contributed by atoms with Crippen molar-refractivity contribution in [1.29, 1.82) is 0 Å². The predicted octanol–water partition coefficient (Wildman–Crippen LogP) is 1.14. The lowest BCUT2D eigenvalue weighted by Gasteiger charge is -2.23. The van der Waals surface area contributed by atoms with E-state index in [0.29, 0.717) is 19.3 Å². The molecule has 0 atom stereocenters. The number of rotatable bonds is 4. The highest BCUT2D eigenvalue weighted by Crippen LogP contribution is 2.20. The third-order valence-corrected chi connectivity index (χ3v) is 3.34. The first-order chi connectivity index (χ1) is 7.75. The molecule has 0 bridgehead atoms. The fourth-order valence-electron chi connectivity index (χ4n) is 2.40. The van der Waals surface area contributed by atoms with Gasteiger partial charge in [0, 0.05) is 6.54 Å². The lowest BCUT2D eigenvalue weighted by molar-refractivity contribution is -0.128. The van der Waals surface area contributed by atoms with Crippen molar-refractivity contribution in [2.24, 2.45) is 0 Å². The molecule has 0 aromatic heterocycles. The van der Waals surface area contributed by atoms with Crippen LogP contribution in [0.4, 0.5) is 0 Å². The molecule has 0 unspecified atom stereocenters. The van der Waals surface area contributed by atoms with Gasteiger partial charge in [0.15, 0.2) is 5.78 Å². The second-order valence-corrected chi connectivity index (χ2v) is 4.66. The van der Waals surface area contributed by atoms with Gasteiger partial charge in [-0.1, -0.05) is 19.3 Å². The number of ether oxygens (including phenoxy) is 1. The fraction of sp³-hybridized carbons (Fsp3) is 0.833. The second kappa shape index (κ2) is 5.43. The minimum Gasteiger partial charge on any atom is -0.376 e. The molecule has 2 rings (SSSR count). The molecule has 0 aromatic carbocycles. The quantitative estimate of drug-likeness (QED) is 0.674. The third-order valence-electron chi connectivity index (χ3n) is 3.34. The number of amides is 1. The van der Waals surface area contributed by atoms with E-state index in [4.69, 9.17) is 4.74 Å². The van der Waals surface area contributed by atoms with Crippen molar-refractivity contribution >= 4 is 11.7 Å². The van der Waals surface area contributed by atoms with Crippen LogP contribution < -0.4 is 0 Å². The molecule has 0 N–H and O–H groups in total. The van der Waals surface area contributed by atoms with Crippen LogP contribution in [0, 0.1) is 0 Å². The molecule has 2 aliphatic rings. The number of nitrogens with zero attached hydrogens (tertiary/aromatic N) is 1. The summed E-state index contributed by atoms with van der Waals surface area (Å²) < 4.78 is 5.72. The molecule has 0 radical (unpaired) electrons. The van der Waals surface area contributed by atoms with Crippen molar-refractivity contribution in [3.05, 3.63) is 0 Å². The molecular weight excluding hydrogens is 206 g/mol. The largest absolute Gasteiger partial charge is 0.376 e. The summed E-state index contributed by atoms with van der Waals surface area (Å²) in [6.45, 7) is 1.43. The highest BCUT2D eigenvalue weighted by molar-refractivity contribution is 6.05. The zero-order valence-corrected chi connectivity index (χ0v) is 9.61. The lowest BCUT2D eigenvalue weighted by atomic mass is 9.98. The smallest absolute Gasteiger partial charge is 0.230 e. The van der Waals surface area contributed by atoms with Gasteiger partial charge in [-0.15, -0.1) is 0 Å². The molecule has 0 aromatic rings. The zero-order valence-electron chi connectivity index (χ0n) is 9.61. The number of hydrogen-bond donors (Lipinski definition) is 0. The van der Waals surface area contributed by atoms with Crippen LogP contribution in [0.25, 0.3) is 0 Å². The lowest BCUT2D eigenvalue weighted by Crippen LogP contribution is -2.30. The Morgan fingerprint density at radius 3 is 2.56 bits per heavy atom. The van der Waals surface area contributed by atoms with Gasteiger partial charge in [0.2, 0.25) is 5.91 Å². The highest BCUT2D eigenvalue weighted by Gasteiger charge is 2.27. The van der Waals surface area contributed by atoms with E-state index < -0.39 is 0 Å². The van der Waals surface area contributed by atoms with Gasteiger partial charge in [-0.3, -0.25) is 9.59 Å². The van der Waals surface area contributed by atoms with Crippen LogP contribution in [0.3, 0.4) is 0 Å². The summed E-state index contributed by atoms with van der Waals surface area (Å²) in [7, 11) is 0. The molecule has 2 fully saturated rings. The number of ketones is 1. The second-order valence-electron chi connectivity index (χ2n) is 4.66. The van der Waals surface area contributed by atoms with E-state index in [1.54, 1.807) is 4.90 Å². The number of carbonyl (C=O) groups is 2. The van der Waals surface area contributed by atoms with E-state index in [-0.39, 0.29) is 24.7 Å². The Balaban J connectivity index is 1.64. The molecule has 1 aliphatic heterocycles. The Kier molecular flexibility index (Phi) is 3.93. The SMILES string of the molecule is O=C1CC(=O)N(CCOC2CCCCC2)C1. The molecule has 4 heteroatoms. The average Bonchev–Trinajstić information content (AvgIpc) is 2.59. The average molecular weight is 225 g/mol. The van der Waals surface area contributed by atoms with Crippen LogP contribution in [0.5, 0.6) is 0 Å². The standard InChI is InChI=1S/C12H19NO3/c14-10-8-12(15)13(9-10)6-7-16-11-4-2-1-3-5-11/h11H,1-9H2. The van der Waals surface area contributed by atoms with Gasteiger partial charge < -0.3 is 9.64 Å². The van der Waals surface area contributed by atoms with E-state index >= 15 is 0 Å². The van der Waals surface area contributed by atoms with Crippen LogP contribution in [0.15, 0.2) is 0 Å². The van der Waals surface area contributed by atoms with E-state index in [9.17, 15) is 9.59 Å². The minimum atomic E-state index is -0.0442. The Morgan fingerprint density at radius 1 is 1.19 bits per heavy atom. The van der Waals surface area contributed by atoms with Crippen molar-refractivity contribution in [2.75, 3.05) is 19.7 Å². The maximum Gasteiger partial charge on any atom is 0.230 e. The van der Waals surface area contributed by atoms with E-state index in [0.717, 1.165) is 12.8 Å². The molecule has 1 heterocycles. The van der Waals surface area contributed by atoms with E-state index in [1.165, 1.54) is 19.3 Å². The highest BCUT2D eigenvalue weighted by atomic mass is 16.5. The van der Waals surface area contributed by atoms with Crippen LogP contribution in [-0.4, -0.2) is 42.4 Å². The molecule has 1 aliphatic carbocycles. The summed E-state index contributed by atoms with van der Waals surface area (Å²) >= 11 is 0.